The Morgan fingerprint density at radius 1 is 0.286 bits per heavy atom. The highest BCUT2D eigenvalue weighted by Gasteiger charge is 3.06. The molecule has 39 rings (SSSR count). The van der Waals surface area contributed by atoms with Crippen molar-refractivity contribution >= 4 is 272 Å². The third kappa shape index (κ3) is 1.73. The Labute approximate surface area is 458 Å². The Balaban J connectivity index is 1.05. The van der Waals surface area contributed by atoms with Crippen molar-refractivity contribution in [1.82, 2.24) is 0 Å². The SMILES string of the molecule is COC(=O)C12C(=O)OCc3ccc(cc3)COC(=O)C3(C(=O)OC)C45c6c7c8c9c%10c%11c%12c%13c%14c%15c%16c(c-7c4c4c7c%17c%18c%19c(c%20c6c9c6c%20c9c%19c%19c%20c%18c%18c7c(c4%16)c4c%15c7c%13c%13c%12c%12c%10c6c6c9c%19c9c(c%126)c%13c6c7c4c%18c%20c69)C%1735)C%141C8%112. The molecule has 8 nitrogen and oxygen atoms in total. The molecule has 25 aromatic rings. The zero-order valence-corrected chi connectivity index (χ0v) is 43.0. The highest BCUT2D eigenvalue weighted by Crippen LogP contribution is 3.02. The molecule has 14 aliphatic rings. The van der Waals surface area contributed by atoms with Gasteiger partial charge in [0.25, 0.3) is 0 Å². The molecule has 0 saturated heterocycles. The van der Waals surface area contributed by atoms with Crippen molar-refractivity contribution in [2.75, 3.05) is 14.2 Å². The summed E-state index contributed by atoms with van der Waals surface area (Å²) in [5.74, 6) is -2.19. The summed E-state index contributed by atoms with van der Waals surface area (Å²) in [6, 6.07) is 7.73. The first kappa shape index (κ1) is 33.7. The van der Waals surface area contributed by atoms with Gasteiger partial charge in [0, 0.05) is 0 Å². The van der Waals surface area contributed by atoms with Gasteiger partial charge in [-0.2, -0.15) is 0 Å². The first-order valence-electron chi connectivity index (χ1n) is 30.1. The maximum atomic E-state index is 17.4. The minimum absolute atomic E-state index is 0.0649. The van der Waals surface area contributed by atoms with Crippen LogP contribution in [0.3, 0.4) is 0 Å². The van der Waals surface area contributed by atoms with E-state index in [-0.39, 0.29) is 13.2 Å². The molecule has 25 aromatic carbocycles. The van der Waals surface area contributed by atoms with Gasteiger partial charge in [0.05, 0.1) is 35.9 Å². The number of esters is 4. The van der Waals surface area contributed by atoms with Gasteiger partial charge in [-0.25, -0.2) is 0 Å². The topological polar surface area (TPSA) is 105 Å². The van der Waals surface area contributed by atoms with Crippen LogP contribution >= 0.6 is 0 Å². The molecule has 366 valence electrons. The Bertz CT molecular complexity index is 7770. The van der Waals surface area contributed by atoms with Crippen LogP contribution in [0.4, 0.5) is 0 Å². The summed E-state index contributed by atoms with van der Waals surface area (Å²) in [5.41, 5.74) is 3.11. The van der Waals surface area contributed by atoms with Crippen molar-refractivity contribution in [3.63, 3.8) is 0 Å². The van der Waals surface area contributed by atoms with Crippen LogP contribution in [-0.2, 0) is 73.0 Å². The van der Waals surface area contributed by atoms with E-state index in [9.17, 15) is 0 Å². The predicted molar refractivity (Wildman–Crippen MR) is 321 cm³/mol. The quantitative estimate of drug-likeness (QED) is 0.0730. The molecule has 3 unspecified atom stereocenters. The number of carbonyl (C=O) groups is 4. The summed E-state index contributed by atoms with van der Waals surface area (Å²) in [4.78, 5) is 68.9. The molecule has 2 saturated carbocycles. The zero-order chi connectivity index (χ0) is 51.9. The molecule has 8 heteroatoms. The molecule has 4 heterocycles. The van der Waals surface area contributed by atoms with Gasteiger partial charge in [0.2, 0.25) is 0 Å². The van der Waals surface area contributed by atoms with E-state index >= 15 is 19.2 Å². The number of carbonyl (C=O) groups excluding carboxylic acids is 4. The van der Waals surface area contributed by atoms with Gasteiger partial charge in [-0.15, -0.1) is 0 Å². The molecule has 0 aromatic heterocycles. The van der Waals surface area contributed by atoms with E-state index in [1.165, 1.54) is 240 Å². The minimum atomic E-state index is -1.92. The van der Waals surface area contributed by atoms with E-state index in [0.29, 0.717) is 0 Å². The molecule has 0 radical (unpaired) electrons. The Kier molecular flexibility index (Phi) is 3.06. The fourth-order valence-corrected chi connectivity index (χ4v) is 29.6. The largest absolute Gasteiger partial charge is 0.468 e. The number of benzene rings is 17. The van der Waals surface area contributed by atoms with Crippen LogP contribution in [0.5, 0.6) is 0 Å². The molecule has 2 fully saturated rings. The van der Waals surface area contributed by atoms with Gasteiger partial charge in [0.15, 0.2) is 10.8 Å². The van der Waals surface area contributed by atoms with Crippen molar-refractivity contribution in [1.29, 1.82) is 0 Å². The molecule has 84 heavy (non-hydrogen) atoms. The summed E-state index contributed by atoms with van der Waals surface area (Å²) >= 11 is 0. The minimum Gasteiger partial charge on any atom is -0.468 e. The lowest BCUT2D eigenvalue weighted by atomic mass is 9.66. The van der Waals surface area contributed by atoms with Crippen LogP contribution in [0.15, 0.2) is 24.3 Å². The second kappa shape index (κ2) is 7.63. The van der Waals surface area contributed by atoms with Crippen molar-refractivity contribution in [2.45, 2.75) is 34.9 Å². The van der Waals surface area contributed by atoms with Gasteiger partial charge in [-0.1, -0.05) is 24.3 Å². The van der Waals surface area contributed by atoms with Crippen LogP contribution in [0.1, 0.15) is 55.6 Å². The second-order valence-electron chi connectivity index (χ2n) is 29.5. The molecule has 4 aliphatic heterocycles. The number of ether oxygens (including phenoxy) is 4. The van der Waals surface area contributed by atoms with Crippen LogP contribution < -0.4 is 0 Å². The summed E-state index contributed by atoms with van der Waals surface area (Å²) in [6.07, 6.45) is 0. The highest BCUT2D eigenvalue weighted by atomic mass is 16.6. The molecule has 0 N–H and O–H groups in total. The summed E-state index contributed by atoms with van der Waals surface area (Å²) in [7, 11) is 2.99. The fourth-order valence-electron chi connectivity index (χ4n) is 29.6. The normalized spacial score (nSPS) is 29.1. The molecule has 12 bridgehead atoms. The van der Waals surface area contributed by atoms with Crippen LogP contribution in [-0.4, -0.2) is 38.1 Å². The Morgan fingerprint density at radius 2 is 0.452 bits per heavy atom. The summed E-state index contributed by atoms with van der Waals surface area (Å²) in [5, 5.41) is 60.3. The number of rotatable bonds is 2. The third-order valence-electron chi connectivity index (χ3n) is 29.6. The van der Waals surface area contributed by atoms with Gasteiger partial charge < -0.3 is 18.9 Å². The van der Waals surface area contributed by atoms with Crippen LogP contribution in [0.25, 0.3) is 259 Å². The number of hydrogen-bond donors (Lipinski definition) is 0. The average molecular weight is 1050 g/mol. The predicted octanol–water partition coefficient (Wildman–Crippen LogP) is 15.0. The number of hydrogen-bond acceptors (Lipinski definition) is 8. The first-order chi connectivity index (χ1) is 41.4. The van der Waals surface area contributed by atoms with E-state index < -0.39 is 56.4 Å². The van der Waals surface area contributed by atoms with E-state index in [2.05, 4.69) is 0 Å². The molecular formula is C76H14O8. The van der Waals surface area contributed by atoms with Crippen molar-refractivity contribution in [3.8, 4) is 11.1 Å². The summed E-state index contributed by atoms with van der Waals surface area (Å²) in [6.45, 7) is -0.131. The zero-order valence-electron chi connectivity index (χ0n) is 43.0. The molecule has 0 amide bonds. The first-order valence-corrected chi connectivity index (χ1v) is 30.1. The lowest BCUT2D eigenvalue weighted by molar-refractivity contribution is -0.167. The smallest absolute Gasteiger partial charge is 0.326 e. The van der Waals surface area contributed by atoms with Gasteiger partial charge >= 0.3 is 23.9 Å². The van der Waals surface area contributed by atoms with E-state index in [1.807, 2.05) is 24.3 Å². The van der Waals surface area contributed by atoms with Crippen molar-refractivity contribution in [2.24, 2.45) is 10.8 Å². The van der Waals surface area contributed by atoms with Crippen LogP contribution in [0.2, 0.25) is 0 Å². The van der Waals surface area contributed by atoms with Gasteiger partial charge in [-0.3, -0.25) is 19.2 Å². The van der Waals surface area contributed by atoms with Gasteiger partial charge in [0.1, 0.15) is 13.2 Å². The Hall–Kier alpha value is -10.2. The molecule has 10 aliphatic carbocycles. The lowest BCUT2D eigenvalue weighted by Crippen LogP contribution is -2.38. The van der Waals surface area contributed by atoms with E-state index in [0.717, 1.165) is 88.3 Å². The van der Waals surface area contributed by atoms with Gasteiger partial charge in [-0.05, 0) is 315 Å². The fraction of sp³-hybridized carbons (Fsp3) is 0.132. The monoisotopic (exact) mass is 1050 g/mol. The maximum absolute atomic E-state index is 17.4. The standard InChI is InChI=1S/C76H14O8/c1-81-67(77)75-69(79)83-7-9-3-5-10(6-4-9)8-84-70(80)76(68(78)82-2)72-61-47-39-28-20-13-11-12-14-19(13)32(39)40-29-21(14)18-23-16(12)25-24-15(11)22-17(20)26-33-41-30(22)35(24)45-46-36(25)31(23)42-34-27(18)38(29)50-54-44(34)56-52(42)60(46)71(75)59(45)51(41)55-43(33)53(49(61)37(26)28)63(72)57-58(66(56)74(71,75)65(55)57)64(54)73(72,76)62(50)48(40)47/h3-6H,7-8H2,1-2H3. The maximum Gasteiger partial charge on any atom is 0.326 e. The molecular weight excluding hydrogens is 1040 g/mol. The lowest BCUT2D eigenvalue weighted by Gasteiger charge is -2.34. The average Bonchev–Trinajstić information content (AvgIpc) is 1.33. The molecule has 3 atom stereocenters. The summed E-state index contributed by atoms with van der Waals surface area (Å²) < 4.78 is 27.1. The Morgan fingerprint density at radius 3 is 0.667 bits per heavy atom. The van der Waals surface area contributed by atoms with E-state index in [1.54, 1.807) is 0 Å². The molecule has 4 spiro atoms. The van der Waals surface area contributed by atoms with Crippen LogP contribution in [0, 0.1) is 10.8 Å². The van der Waals surface area contributed by atoms with E-state index in [4.69, 9.17) is 18.9 Å². The number of methoxy groups -OCH3 is 2. The van der Waals surface area contributed by atoms with Crippen molar-refractivity contribution < 1.29 is 38.1 Å². The second-order valence-corrected chi connectivity index (χ2v) is 29.5. The van der Waals surface area contributed by atoms with Crippen molar-refractivity contribution in [3.05, 3.63) is 79.9 Å². The third-order valence-corrected chi connectivity index (χ3v) is 29.6. The highest BCUT2D eigenvalue weighted by molar-refractivity contribution is 6.79.